The Hall–Kier alpha value is -3.33. The maximum atomic E-state index is 13.5. The number of rotatable bonds is 53. The van der Waals surface area contributed by atoms with Crippen molar-refractivity contribution in [2.75, 3.05) is 40.9 Å². The Morgan fingerprint density at radius 2 is 0.867 bits per heavy atom. The molecule has 0 heterocycles. The van der Waals surface area contributed by atoms with Gasteiger partial charge in [0.1, 0.15) is 19.3 Å². The van der Waals surface area contributed by atoms with Crippen molar-refractivity contribution in [3.8, 4) is 0 Å². The Kier molecular flexibility index (Phi) is 51.6. The number of unbranched alkanes of at least 4 members (excludes halogenated alkanes) is 21. The van der Waals surface area contributed by atoms with Crippen molar-refractivity contribution in [2.45, 2.75) is 251 Å². The van der Waals surface area contributed by atoms with E-state index in [4.69, 9.17) is 13.8 Å². The highest BCUT2D eigenvalue weighted by atomic mass is 31.2. The monoisotopic (exact) mass is 1060 g/mol. The van der Waals surface area contributed by atoms with E-state index in [0.29, 0.717) is 23.9 Å². The first-order chi connectivity index (χ1) is 36.4. The van der Waals surface area contributed by atoms with Crippen molar-refractivity contribution in [3.05, 3.63) is 109 Å². The molecule has 0 aromatic carbocycles. The predicted molar refractivity (Wildman–Crippen MR) is 320 cm³/mol. The Morgan fingerprint density at radius 1 is 0.480 bits per heavy atom. The summed E-state index contributed by atoms with van der Waals surface area (Å²) in [5.74, 6) is -0.652. The van der Waals surface area contributed by atoms with Crippen LogP contribution in [-0.2, 0) is 27.9 Å². The van der Waals surface area contributed by atoms with Crippen LogP contribution < -0.4 is 10.2 Å². The van der Waals surface area contributed by atoms with E-state index in [9.17, 15) is 19.0 Å². The van der Waals surface area contributed by atoms with E-state index in [1.165, 1.54) is 103 Å². The van der Waals surface area contributed by atoms with E-state index in [1.807, 2.05) is 39.4 Å². The van der Waals surface area contributed by atoms with Gasteiger partial charge in [0.15, 0.2) is 0 Å². The van der Waals surface area contributed by atoms with E-state index in [1.54, 1.807) is 6.08 Å². The number of ether oxygens (including phenoxy) is 1. The molecule has 9 nitrogen and oxygen atoms in total. The smallest absolute Gasteiger partial charge is 0.306 e. The van der Waals surface area contributed by atoms with Crippen LogP contribution in [0.3, 0.4) is 0 Å². The molecular formula is C65H113N2O7P. The number of nitrogens with zero attached hydrogens (tertiary/aromatic N) is 1. The van der Waals surface area contributed by atoms with Crippen molar-refractivity contribution >= 4 is 19.7 Å². The summed E-state index contributed by atoms with van der Waals surface area (Å²) in [5, 5.41) is 2.97. The lowest BCUT2D eigenvalue weighted by Crippen LogP contribution is -2.47. The van der Waals surface area contributed by atoms with E-state index < -0.39 is 26.6 Å². The summed E-state index contributed by atoms with van der Waals surface area (Å²) in [6.07, 6.45) is 73.6. The second-order valence-corrected chi connectivity index (χ2v) is 22.5. The Bertz CT molecular complexity index is 1650. The molecule has 430 valence electrons. The first kappa shape index (κ1) is 71.7. The third-order valence-corrected chi connectivity index (χ3v) is 13.7. The first-order valence-electron chi connectivity index (χ1n) is 30.2. The van der Waals surface area contributed by atoms with Crippen molar-refractivity contribution in [1.82, 2.24) is 5.32 Å². The minimum Gasteiger partial charge on any atom is -0.756 e. The number of likely N-dealkylation sites (N-methyl/N-ethyl adjacent to an activating group) is 1. The van der Waals surface area contributed by atoms with Gasteiger partial charge in [-0.2, -0.15) is 0 Å². The largest absolute Gasteiger partial charge is 0.756 e. The van der Waals surface area contributed by atoms with Gasteiger partial charge in [0.2, 0.25) is 5.91 Å². The highest BCUT2D eigenvalue weighted by Crippen LogP contribution is 2.38. The summed E-state index contributed by atoms with van der Waals surface area (Å²) >= 11 is 0. The van der Waals surface area contributed by atoms with Crippen molar-refractivity contribution < 1.29 is 37.3 Å². The van der Waals surface area contributed by atoms with Gasteiger partial charge in [-0.3, -0.25) is 14.2 Å². The fourth-order valence-electron chi connectivity index (χ4n) is 8.04. The molecule has 0 aromatic rings. The molecule has 0 bridgehead atoms. The van der Waals surface area contributed by atoms with Crippen LogP contribution >= 0.6 is 7.82 Å². The van der Waals surface area contributed by atoms with Gasteiger partial charge >= 0.3 is 5.97 Å². The number of quaternary nitrogens is 1. The van der Waals surface area contributed by atoms with Gasteiger partial charge in [0.05, 0.1) is 33.8 Å². The van der Waals surface area contributed by atoms with E-state index >= 15 is 0 Å². The molecule has 0 aliphatic carbocycles. The number of phosphoric acid groups is 1. The third-order valence-electron chi connectivity index (χ3n) is 12.7. The Labute approximate surface area is 461 Å². The SMILES string of the molecule is CC/C=C/C/C=C/C/C=C/C/C=C/C/C=C/CCC(=O)NC(COP(=O)([O-])OCC[N+](C)(C)C)C(/C=C/CCCCCCCCCCCC)OC(=O)CCCCCCCCCC/C=C\C/C=C\C/C=C\CCCCC. The van der Waals surface area contributed by atoms with Gasteiger partial charge in [-0.05, 0) is 102 Å². The fourth-order valence-corrected chi connectivity index (χ4v) is 8.77. The number of nitrogens with one attached hydrogen (secondary N) is 1. The second-order valence-electron chi connectivity index (χ2n) is 21.1. The zero-order chi connectivity index (χ0) is 55.0. The molecule has 10 heteroatoms. The molecule has 0 rings (SSSR count). The summed E-state index contributed by atoms with van der Waals surface area (Å²) in [6.45, 7) is 6.62. The van der Waals surface area contributed by atoms with Crippen molar-refractivity contribution in [2.24, 2.45) is 0 Å². The van der Waals surface area contributed by atoms with Crippen LogP contribution in [0.2, 0.25) is 0 Å². The number of phosphoric ester groups is 1. The van der Waals surface area contributed by atoms with E-state index in [-0.39, 0.29) is 31.3 Å². The molecule has 0 aliphatic heterocycles. The number of allylic oxidation sites excluding steroid dienone is 17. The summed E-state index contributed by atoms with van der Waals surface area (Å²) < 4.78 is 30.2. The van der Waals surface area contributed by atoms with Crippen molar-refractivity contribution in [1.29, 1.82) is 0 Å². The van der Waals surface area contributed by atoms with Crippen LogP contribution in [0.5, 0.6) is 0 Å². The molecule has 1 N–H and O–H groups in total. The number of amides is 1. The fraction of sp³-hybridized carbons (Fsp3) is 0.692. The standard InChI is InChI=1S/C65H113N2O7P/c1-7-10-13-16-19-22-25-28-30-32-33-34-35-36-38-40-43-46-49-52-55-58-65(69)74-63(56-53-50-47-44-41-27-24-21-18-15-12-9-3)62(61-73-75(70,71)72-60-59-67(4,5)6)66-64(68)57-54-51-48-45-42-39-37-31-29-26-23-20-17-14-11-8-2/h11,14,19-20,22-23,28-31,33-34,39,42,48,51,53,56,62-63H,7-10,12-13,15-18,21,24-27,32,35-38,40-41,43-47,49-50,52,54-55,57-61H2,1-6H3,(H-,66,68,70,71)/b14-11+,22-19-,23-20+,30-28-,31-29+,34-33-,42-39+,51-48+,56-53+. The molecule has 0 spiro atoms. The van der Waals surface area contributed by atoms with Gasteiger partial charge in [-0.15, -0.1) is 0 Å². The third kappa shape index (κ3) is 55.2. The number of carbonyl (C=O) groups excluding carboxylic acids is 2. The molecular weight excluding hydrogens is 952 g/mol. The summed E-state index contributed by atoms with van der Waals surface area (Å²) in [5.41, 5.74) is 0. The van der Waals surface area contributed by atoms with Gasteiger partial charge in [-0.25, -0.2) is 0 Å². The molecule has 1 amide bonds. The van der Waals surface area contributed by atoms with Crippen LogP contribution in [-0.4, -0.2) is 69.4 Å². The normalized spacial score (nSPS) is 14.5. The maximum Gasteiger partial charge on any atom is 0.306 e. The van der Waals surface area contributed by atoms with Gasteiger partial charge in [0.25, 0.3) is 7.82 Å². The minimum absolute atomic E-state index is 0.0421. The van der Waals surface area contributed by atoms with Gasteiger partial charge in [0, 0.05) is 12.8 Å². The number of esters is 1. The van der Waals surface area contributed by atoms with Gasteiger partial charge in [-0.1, -0.05) is 233 Å². The number of carbonyl (C=O) groups is 2. The molecule has 0 saturated heterocycles. The molecule has 0 radical (unpaired) electrons. The Balaban J connectivity index is 5.38. The quantitative estimate of drug-likeness (QED) is 0.0212. The zero-order valence-corrected chi connectivity index (χ0v) is 49.9. The lowest BCUT2D eigenvalue weighted by Gasteiger charge is -2.30. The average molecular weight is 1070 g/mol. The predicted octanol–water partition coefficient (Wildman–Crippen LogP) is 17.9. The van der Waals surface area contributed by atoms with Crippen LogP contribution in [0.4, 0.5) is 0 Å². The molecule has 0 aromatic heterocycles. The van der Waals surface area contributed by atoms with Crippen LogP contribution in [0.1, 0.15) is 239 Å². The van der Waals surface area contributed by atoms with Crippen LogP contribution in [0.15, 0.2) is 109 Å². The summed E-state index contributed by atoms with van der Waals surface area (Å²) in [7, 11) is 1.12. The Morgan fingerprint density at radius 3 is 1.33 bits per heavy atom. The van der Waals surface area contributed by atoms with E-state index in [0.717, 1.165) is 89.9 Å². The maximum absolute atomic E-state index is 13.5. The van der Waals surface area contributed by atoms with Crippen LogP contribution in [0, 0.1) is 0 Å². The molecule has 3 unspecified atom stereocenters. The molecule has 0 fully saturated rings. The first-order valence-corrected chi connectivity index (χ1v) is 31.7. The number of hydrogen-bond acceptors (Lipinski definition) is 7. The zero-order valence-electron chi connectivity index (χ0n) is 49.0. The second kappa shape index (κ2) is 54.0. The average Bonchev–Trinajstić information content (AvgIpc) is 3.37. The van der Waals surface area contributed by atoms with E-state index in [2.05, 4.69) is 111 Å². The molecule has 0 saturated carbocycles. The van der Waals surface area contributed by atoms with Crippen molar-refractivity contribution in [3.63, 3.8) is 0 Å². The summed E-state index contributed by atoms with van der Waals surface area (Å²) in [6, 6.07) is -0.937. The lowest BCUT2D eigenvalue weighted by molar-refractivity contribution is -0.870. The van der Waals surface area contributed by atoms with Gasteiger partial charge < -0.3 is 28.5 Å². The molecule has 75 heavy (non-hydrogen) atoms. The topological polar surface area (TPSA) is 114 Å². The minimum atomic E-state index is -4.72. The lowest BCUT2D eigenvalue weighted by atomic mass is 10.0. The highest BCUT2D eigenvalue weighted by molar-refractivity contribution is 7.45. The number of hydrogen-bond donors (Lipinski definition) is 1. The van der Waals surface area contributed by atoms with Crippen LogP contribution in [0.25, 0.3) is 0 Å². The molecule has 3 atom stereocenters. The highest BCUT2D eigenvalue weighted by Gasteiger charge is 2.27. The summed E-state index contributed by atoms with van der Waals surface area (Å²) in [4.78, 5) is 39.9. The molecule has 0 aliphatic rings.